The fourth-order valence-electron chi connectivity index (χ4n) is 1.53. The van der Waals surface area contributed by atoms with Gasteiger partial charge in [0.25, 0.3) is 0 Å². The molecule has 1 aromatic carbocycles. The topological polar surface area (TPSA) is 30.0 Å². The molecule has 0 spiro atoms. The largest absolute Gasteiger partial charge is 0.298 e. The fraction of sp³-hybridized carbons (Fsp3) is 0.167. The molecule has 0 aliphatic carbocycles. The van der Waals surface area contributed by atoms with Crippen LogP contribution in [0.1, 0.15) is 21.6 Å². The van der Waals surface area contributed by atoms with Gasteiger partial charge in [-0.2, -0.15) is 4.37 Å². The van der Waals surface area contributed by atoms with Crippen LogP contribution in [0.2, 0.25) is 0 Å². The van der Waals surface area contributed by atoms with Gasteiger partial charge in [-0.3, -0.25) is 4.79 Å². The Bertz CT molecular complexity index is 502. The lowest BCUT2D eigenvalue weighted by atomic mass is 10.0. The van der Waals surface area contributed by atoms with E-state index in [2.05, 4.69) is 10.4 Å². The Hall–Kier alpha value is -1.48. The second kappa shape index (κ2) is 3.95. The zero-order valence-corrected chi connectivity index (χ0v) is 9.47. The standard InChI is InChI=1S/C12H11NOS/c1-8-5-10(7-14)3-4-11(8)12-6-9(2)13-15-12/h3-7H,1-2H3. The minimum Gasteiger partial charge on any atom is -0.298 e. The highest BCUT2D eigenvalue weighted by Gasteiger charge is 2.05. The molecule has 0 saturated heterocycles. The number of aryl methyl sites for hydroxylation is 2. The van der Waals surface area contributed by atoms with Crippen LogP contribution in [0.4, 0.5) is 0 Å². The molecule has 1 aromatic heterocycles. The third-order valence-electron chi connectivity index (χ3n) is 2.28. The summed E-state index contributed by atoms with van der Waals surface area (Å²) >= 11 is 1.49. The van der Waals surface area contributed by atoms with Crippen molar-refractivity contribution in [3.63, 3.8) is 0 Å². The molecule has 0 saturated carbocycles. The first kappa shape index (κ1) is 10.1. The van der Waals surface area contributed by atoms with Gasteiger partial charge in [-0.15, -0.1) is 0 Å². The van der Waals surface area contributed by atoms with Crippen molar-refractivity contribution in [3.8, 4) is 10.4 Å². The molecule has 15 heavy (non-hydrogen) atoms. The van der Waals surface area contributed by atoms with Crippen molar-refractivity contribution in [2.24, 2.45) is 0 Å². The molecule has 2 aromatic rings. The molecule has 0 fully saturated rings. The summed E-state index contributed by atoms with van der Waals surface area (Å²) in [6.45, 7) is 3.99. The minimum atomic E-state index is 0.720. The first-order valence-corrected chi connectivity index (χ1v) is 5.47. The van der Waals surface area contributed by atoms with Gasteiger partial charge in [0.1, 0.15) is 6.29 Å². The lowest BCUT2D eigenvalue weighted by Gasteiger charge is -2.02. The fourth-order valence-corrected chi connectivity index (χ4v) is 2.37. The average molecular weight is 217 g/mol. The summed E-state index contributed by atoms with van der Waals surface area (Å²) in [4.78, 5) is 11.8. The van der Waals surface area contributed by atoms with Gasteiger partial charge in [0.15, 0.2) is 0 Å². The molecular weight excluding hydrogens is 206 g/mol. The van der Waals surface area contributed by atoms with Crippen LogP contribution in [0.5, 0.6) is 0 Å². The summed E-state index contributed by atoms with van der Waals surface area (Å²) in [7, 11) is 0. The highest BCUT2D eigenvalue weighted by molar-refractivity contribution is 7.09. The molecule has 0 unspecified atom stereocenters. The van der Waals surface area contributed by atoms with E-state index in [1.54, 1.807) is 0 Å². The van der Waals surface area contributed by atoms with Gasteiger partial charge in [0, 0.05) is 5.56 Å². The van der Waals surface area contributed by atoms with E-state index in [1.165, 1.54) is 11.5 Å². The highest BCUT2D eigenvalue weighted by atomic mass is 32.1. The second-order valence-corrected chi connectivity index (χ2v) is 4.33. The molecule has 3 heteroatoms. The number of carbonyl (C=O) groups excluding carboxylic acids is 1. The number of hydrogen-bond donors (Lipinski definition) is 0. The van der Waals surface area contributed by atoms with Crippen LogP contribution in [0, 0.1) is 13.8 Å². The van der Waals surface area contributed by atoms with Gasteiger partial charge >= 0.3 is 0 Å². The lowest BCUT2D eigenvalue weighted by molar-refractivity contribution is 0.112. The summed E-state index contributed by atoms with van der Waals surface area (Å²) in [6, 6.07) is 7.78. The Morgan fingerprint density at radius 1 is 1.27 bits per heavy atom. The zero-order valence-electron chi connectivity index (χ0n) is 8.65. The van der Waals surface area contributed by atoms with Crippen molar-refractivity contribution in [1.82, 2.24) is 4.37 Å². The Labute approximate surface area is 92.7 Å². The first-order chi connectivity index (χ1) is 7.20. The van der Waals surface area contributed by atoms with Gasteiger partial charge < -0.3 is 0 Å². The van der Waals surface area contributed by atoms with E-state index in [4.69, 9.17) is 0 Å². The van der Waals surface area contributed by atoms with E-state index in [9.17, 15) is 4.79 Å². The molecule has 76 valence electrons. The van der Waals surface area contributed by atoms with Crippen molar-refractivity contribution in [1.29, 1.82) is 0 Å². The van der Waals surface area contributed by atoms with Crippen molar-refractivity contribution in [2.75, 3.05) is 0 Å². The second-order valence-electron chi connectivity index (χ2n) is 3.52. The van der Waals surface area contributed by atoms with Crippen LogP contribution in [-0.4, -0.2) is 10.7 Å². The lowest BCUT2D eigenvalue weighted by Crippen LogP contribution is -1.84. The van der Waals surface area contributed by atoms with E-state index in [-0.39, 0.29) is 0 Å². The van der Waals surface area contributed by atoms with E-state index in [0.29, 0.717) is 0 Å². The molecule has 0 amide bonds. The summed E-state index contributed by atoms with van der Waals surface area (Å²) in [5.74, 6) is 0. The van der Waals surface area contributed by atoms with Crippen molar-refractivity contribution >= 4 is 17.8 Å². The molecule has 0 aliphatic rings. The number of hydrogen-bond acceptors (Lipinski definition) is 3. The minimum absolute atomic E-state index is 0.720. The molecule has 0 radical (unpaired) electrons. The van der Waals surface area contributed by atoms with Crippen LogP contribution in [0.3, 0.4) is 0 Å². The van der Waals surface area contributed by atoms with Crippen molar-refractivity contribution in [3.05, 3.63) is 41.1 Å². The number of aldehydes is 1. The maximum atomic E-state index is 10.6. The number of benzene rings is 1. The van der Waals surface area contributed by atoms with Gasteiger partial charge in [0.2, 0.25) is 0 Å². The first-order valence-electron chi connectivity index (χ1n) is 4.70. The number of carbonyl (C=O) groups is 1. The van der Waals surface area contributed by atoms with Gasteiger partial charge in [-0.25, -0.2) is 0 Å². The molecular formula is C12H11NOS. The maximum absolute atomic E-state index is 10.6. The zero-order chi connectivity index (χ0) is 10.8. The smallest absolute Gasteiger partial charge is 0.150 e. The Kier molecular flexibility index (Phi) is 2.64. The Morgan fingerprint density at radius 3 is 2.60 bits per heavy atom. The summed E-state index contributed by atoms with van der Waals surface area (Å²) in [5, 5.41) is 0. The number of aromatic nitrogens is 1. The molecule has 2 rings (SSSR count). The van der Waals surface area contributed by atoms with E-state index < -0.39 is 0 Å². The average Bonchev–Trinajstić information content (AvgIpc) is 2.64. The van der Waals surface area contributed by atoms with Crippen LogP contribution in [0.15, 0.2) is 24.3 Å². The van der Waals surface area contributed by atoms with Crippen LogP contribution in [0.25, 0.3) is 10.4 Å². The molecule has 2 nitrogen and oxygen atoms in total. The van der Waals surface area contributed by atoms with Crippen LogP contribution in [-0.2, 0) is 0 Å². The third kappa shape index (κ3) is 1.97. The third-order valence-corrected chi connectivity index (χ3v) is 3.19. The molecule has 1 heterocycles. The predicted molar refractivity (Wildman–Crippen MR) is 62.4 cm³/mol. The van der Waals surface area contributed by atoms with Crippen LogP contribution >= 0.6 is 11.5 Å². The van der Waals surface area contributed by atoms with E-state index >= 15 is 0 Å². The van der Waals surface area contributed by atoms with E-state index in [1.807, 2.05) is 32.0 Å². The normalized spacial score (nSPS) is 10.3. The van der Waals surface area contributed by atoms with Gasteiger partial charge in [0.05, 0.1) is 10.6 Å². The van der Waals surface area contributed by atoms with Crippen molar-refractivity contribution in [2.45, 2.75) is 13.8 Å². The molecule has 0 N–H and O–H groups in total. The molecule has 0 bridgehead atoms. The highest BCUT2D eigenvalue weighted by Crippen LogP contribution is 2.27. The summed E-state index contributed by atoms with van der Waals surface area (Å²) in [5.41, 5.74) is 4.03. The predicted octanol–water partition coefficient (Wildman–Crippen LogP) is 3.24. The van der Waals surface area contributed by atoms with E-state index in [0.717, 1.165) is 33.5 Å². The SMILES string of the molecule is Cc1cc(-c2ccc(C=O)cc2C)sn1. The Balaban J connectivity index is 2.49. The summed E-state index contributed by atoms with van der Waals surface area (Å²) in [6.07, 6.45) is 0.870. The molecule has 0 aliphatic heterocycles. The van der Waals surface area contributed by atoms with Crippen LogP contribution < -0.4 is 0 Å². The monoisotopic (exact) mass is 217 g/mol. The molecule has 0 atom stereocenters. The number of rotatable bonds is 2. The van der Waals surface area contributed by atoms with Crippen molar-refractivity contribution < 1.29 is 4.79 Å². The van der Waals surface area contributed by atoms with Gasteiger partial charge in [-0.05, 0) is 48.6 Å². The Morgan fingerprint density at radius 2 is 2.07 bits per heavy atom. The van der Waals surface area contributed by atoms with Gasteiger partial charge in [-0.1, -0.05) is 12.1 Å². The summed E-state index contributed by atoms with van der Waals surface area (Å²) < 4.78 is 4.25. The number of nitrogens with zero attached hydrogens (tertiary/aromatic N) is 1. The quantitative estimate of drug-likeness (QED) is 0.723. The maximum Gasteiger partial charge on any atom is 0.150 e.